The summed E-state index contributed by atoms with van der Waals surface area (Å²) in [5, 5.41) is 8.77. The van der Waals surface area contributed by atoms with Gasteiger partial charge < -0.3 is 4.57 Å². The van der Waals surface area contributed by atoms with Crippen LogP contribution in [0.25, 0.3) is 200 Å². The fourth-order valence-corrected chi connectivity index (χ4v) is 21.3. The van der Waals surface area contributed by atoms with Gasteiger partial charge in [0.05, 0.1) is 68.7 Å². The maximum atomic E-state index is 15.1. The maximum absolute atomic E-state index is 15.1. The second-order valence-corrected chi connectivity index (χ2v) is 35.3. The lowest BCUT2D eigenvalue weighted by Gasteiger charge is -2.22. The molecule has 6 heterocycles. The summed E-state index contributed by atoms with van der Waals surface area (Å²) in [6.07, 6.45) is 0. The van der Waals surface area contributed by atoms with Gasteiger partial charge >= 0.3 is 0 Å². The van der Waals surface area contributed by atoms with Crippen molar-refractivity contribution in [3.05, 3.63) is 405 Å². The molecule has 0 saturated carbocycles. The molecule has 0 amide bonds. The van der Waals surface area contributed by atoms with Crippen molar-refractivity contribution < 1.29 is 4.57 Å². The molecule has 0 unspecified atom stereocenters. The number of fused-ring (bicyclic) bond motifs is 13. The molecule has 23 rings (SSSR count). The number of rotatable bonds is 14. The molecule has 1 aliphatic rings. The third-order valence-corrected chi connectivity index (χ3v) is 28.0. The summed E-state index contributed by atoms with van der Waals surface area (Å²) < 4.78 is 33.6. The van der Waals surface area contributed by atoms with Gasteiger partial charge in [0.2, 0.25) is 0 Å². The minimum Gasteiger partial charge on any atom is -0.309 e. The van der Waals surface area contributed by atoms with Crippen molar-refractivity contribution in [2.24, 2.45) is 0 Å². The monoisotopic (exact) mass is 1630 g/mol. The summed E-state index contributed by atoms with van der Waals surface area (Å²) >= 11 is 2.48. The van der Waals surface area contributed by atoms with Gasteiger partial charge in [-0.3, -0.25) is 0 Å². The van der Waals surface area contributed by atoms with Gasteiger partial charge in [-0.25, -0.2) is 29.9 Å². The predicted octanol–water partition coefficient (Wildman–Crippen LogP) is 26.6. The molecule has 0 saturated heterocycles. The summed E-state index contributed by atoms with van der Waals surface area (Å²) in [5.74, 6) is 1.32. The lowest BCUT2D eigenvalue weighted by atomic mass is 9.81. The van der Waals surface area contributed by atoms with Crippen LogP contribution in [0.4, 0.5) is 0 Å². The third kappa shape index (κ3) is 13.5. The molecule has 16 aromatic carbocycles. The van der Waals surface area contributed by atoms with Gasteiger partial charge in [-0.05, 0) is 110 Å². The van der Waals surface area contributed by atoms with E-state index in [0.29, 0.717) is 11.6 Å². The Labute approximate surface area is 718 Å². The molecule has 1 aliphatic carbocycles. The van der Waals surface area contributed by atoms with Crippen LogP contribution < -0.4 is 15.9 Å². The molecule has 0 fully saturated rings. The van der Waals surface area contributed by atoms with Crippen molar-refractivity contribution in [1.82, 2.24) is 47.4 Å². The Kier molecular flexibility index (Phi) is 18.7. The van der Waals surface area contributed by atoms with Crippen LogP contribution in [0.2, 0.25) is 0 Å². The standard InChI is InChI=1S/C56H37N5S.C53H34N5OPS/c1-56(2)46-16-10-9-15-42(46)43-27-25-40(31-47(43)56)34-17-21-36(22-18-34)49-33-50(59-55(58-49)39-13-7-4-8-14-39)37-23-19-35(20-24-37)41-26-28-44-51(32-41)57-53(38-11-5-3-6-12-38)45-29-30-48-54(52(44)45)61-62-60-48;59-60(41-17-9-3-10-18-41,42-19-11-4-12-20-42)43-28-25-37(26-29-43)48-34-47(55-53(56-48)39-15-7-2-8-16-39)36-23-21-35(22-24-36)40-27-30-44-49(33-40)54-51(38-13-5-1-6-14-38)45-31-32-46-52(50(44)45)58-61-57-46/h3-33H,1-2H3;1-34H. The van der Waals surface area contributed by atoms with Gasteiger partial charge in [-0.2, -0.15) is 17.5 Å². The first-order chi connectivity index (χ1) is 60.6. The summed E-state index contributed by atoms with van der Waals surface area (Å²) in [4.78, 5) is 31.0. The Morgan fingerprint density at radius 2 is 0.553 bits per heavy atom. The number of nitrogens with zero attached hydrogens (tertiary/aromatic N) is 10. The van der Waals surface area contributed by atoms with Gasteiger partial charge in [-0.1, -0.05) is 354 Å². The highest BCUT2D eigenvalue weighted by Gasteiger charge is 2.36. The molecule has 0 N–H and O–H groups in total. The number of pyridine rings is 2. The lowest BCUT2D eigenvalue weighted by molar-refractivity contribution is 0.592. The van der Waals surface area contributed by atoms with E-state index in [4.69, 9.17) is 38.7 Å². The van der Waals surface area contributed by atoms with E-state index in [-0.39, 0.29) is 5.41 Å². The predicted molar refractivity (Wildman–Crippen MR) is 508 cm³/mol. The van der Waals surface area contributed by atoms with E-state index in [1.165, 1.54) is 56.8 Å². The zero-order chi connectivity index (χ0) is 82.1. The minimum absolute atomic E-state index is 0.0484. The minimum atomic E-state index is -3.12. The van der Waals surface area contributed by atoms with Crippen molar-refractivity contribution in [2.45, 2.75) is 19.3 Å². The normalized spacial score (nSPS) is 12.2. The topological polar surface area (TPSA) is 146 Å². The van der Waals surface area contributed by atoms with E-state index in [2.05, 4.69) is 241 Å². The van der Waals surface area contributed by atoms with Crippen LogP contribution in [0.15, 0.2) is 394 Å². The van der Waals surface area contributed by atoms with E-state index >= 15 is 4.57 Å². The molecule has 22 aromatic rings. The van der Waals surface area contributed by atoms with E-state index < -0.39 is 7.14 Å². The molecule has 11 nitrogen and oxygen atoms in total. The van der Waals surface area contributed by atoms with Crippen LogP contribution in [0.5, 0.6) is 0 Å². The van der Waals surface area contributed by atoms with Crippen molar-refractivity contribution >= 4 is 112 Å². The van der Waals surface area contributed by atoms with Gasteiger partial charge in [0.25, 0.3) is 0 Å². The zero-order valence-corrected chi connectivity index (χ0v) is 69.2. The fourth-order valence-electron chi connectivity index (χ4n) is 17.5. The molecule has 14 heteroatoms. The number of benzene rings is 16. The van der Waals surface area contributed by atoms with Gasteiger partial charge in [0, 0.05) is 98.2 Å². The molecule has 0 radical (unpaired) electrons. The Bertz CT molecular complexity index is 7840. The summed E-state index contributed by atoms with van der Waals surface area (Å²) in [7, 11) is -3.12. The molecular weight excluding hydrogens is 1560 g/mol. The molecule has 0 atom stereocenters. The molecule has 580 valence electrons. The van der Waals surface area contributed by atoms with Crippen molar-refractivity contribution in [1.29, 1.82) is 0 Å². The molecule has 0 bridgehead atoms. The quantitative estimate of drug-likeness (QED) is 0.0757. The van der Waals surface area contributed by atoms with Gasteiger partial charge in [0.15, 0.2) is 18.8 Å². The van der Waals surface area contributed by atoms with E-state index in [1.54, 1.807) is 0 Å². The van der Waals surface area contributed by atoms with Gasteiger partial charge in [-0.15, -0.1) is 0 Å². The van der Waals surface area contributed by atoms with Crippen molar-refractivity contribution in [3.8, 4) is 135 Å². The number of hydrogen-bond donors (Lipinski definition) is 0. The second-order valence-electron chi connectivity index (χ2n) is 31.5. The van der Waals surface area contributed by atoms with Crippen LogP contribution in [-0.2, 0) is 9.98 Å². The smallest absolute Gasteiger partial charge is 0.171 e. The number of aromatic nitrogens is 10. The highest BCUT2D eigenvalue weighted by Crippen LogP contribution is 2.51. The molecule has 123 heavy (non-hydrogen) atoms. The van der Waals surface area contributed by atoms with Crippen molar-refractivity contribution in [2.75, 3.05) is 0 Å². The van der Waals surface area contributed by atoms with Crippen LogP contribution in [0, 0.1) is 0 Å². The highest BCUT2D eigenvalue weighted by molar-refractivity contribution is 7.85. The summed E-state index contributed by atoms with van der Waals surface area (Å²) in [6.45, 7) is 4.66. The Morgan fingerprint density at radius 3 is 0.967 bits per heavy atom. The SMILES string of the molecule is CC1(C)c2ccccc2-c2ccc(-c3ccc(-c4cc(-c5ccc(-c6ccc7c(c6)nc(-c6ccccc6)c6ccc8nsnc8c67)cc5)nc(-c5ccccc5)n4)cc3)cc21.O=P(c1ccccc1)(c1ccccc1)c1ccc(-c2cc(-c3ccc(-c4ccc5c(c4)nc(-c4ccccc4)c4ccc6nsnc6c45)cc3)nc(-c3ccccc3)n2)cc1. The highest BCUT2D eigenvalue weighted by atomic mass is 32.1. The van der Waals surface area contributed by atoms with E-state index in [0.717, 1.165) is 182 Å². The van der Waals surface area contributed by atoms with Crippen LogP contribution in [0.3, 0.4) is 0 Å². The first-order valence-corrected chi connectivity index (χ1v) is 44.1. The average molecular weight is 1630 g/mol. The lowest BCUT2D eigenvalue weighted by Crippen LogP contribution is -2.24. The Morgan fingerprint density at radius 1 is 0.236 bits per heavy atom. The summed E-state index contributed by atoms with van der Waals surface area (Å²) in [6, 6.07) is 136. The first kappa shape index (κ1) is 74.2. The van der Waals surface area contributed by atoms with Crippen molar-refractivity contribution in [3.63, 3.8) is 0 Å². The molecular formula is C109H71N10OPS2. The van der Waals surface area contributed by atoms with Crippen LogP contribution in [-0.4, -0.2) is 47.4 Å². The number of hydrogen-bond acceptors (Lipinski definition) is 13. The van der Waals surface area contributed by atoms with Crippen LogP contribution >= 0.6 is 30.6 Å². The molecule has 0 aliphatic heterocycles. The Hall–Kier alpha value is -15.1. The average Bonchev–Trinajstić information content (AvgIpc) is 1.58. The largest absolute Gasteiger partial charge is 0.309 e. The summed E-state index contributed by atoms with van der Waals surface area (Å²) in [5.41, 5.74) is 30.7. The van der Waals surface area contributed by atoms with Crippen LogP contribution in [0.1, 0.15) is 25.0 Å². The molecule has 0 spiro atoms. The van der Waals surface area contributed by atoms with E-state index in [1.807, 2.05) is 176 Å². The maximum Gasteiger partial charge on any atom is 0.171 e. The molecule has 6 aromatic heterocycles. The fraction of sp³-hybridized carbons (Fsp3) is 0.0275. The Balaban J connectivity index is 0.000000147. The van der Waals surface area contributed by atoms with Gasteiger partial charge in [0.1, 0.15) is 22.1 Å². The first-order valence-electron chi connectivity index (χ1n) is 40.9. The third-order valence-electron chi connectivity index (χ3n) is 23.9. The second kappa shape index (κ2) is 30.9. The zero-order valence-electron chi connectivity index (χ0n) is 66.7. The van der Waals surface area contributed by atoms with E-state index in [9.17, 15) is 0 Å².